The first-order valence-electron chi connectivity index (χ1n) is 10.2. The van der Waals surface area contributed by atoms with Gasteiger partial charge in [-0.2, -0.15) is 11.8 Å². The van der Waals surface area contributed by atoms with Gasteiger partial charge in [0.2, 0.25) is 17.7 Å². The third kappa shape index (κ3) is 11.4. The lowest BCUT2D eigenvalue weighted by molar-refractivity contribution is -0.141. The van der Waals surface area contributed by atoms with Crippen LogP contribution in [0.4, 0.5) is 0 Å². The average Bonchev–Trinajstić information content (AvgIpc) is 2.72. The summed E-state index contributed by atoms with van der Waals surface area (Å²) in [7, 11) is 0. The monoisotopic (exact) mass is 447 g/mol. The van der Waals surface area contributed by atoms with Gasteiger partial charge in [-0.1, -0.05) is 20.3 Å². The second-order valence-electron chi connectivity index (χ2n) is 7.21. The van der Waals surface area contributed by atoms with E-state index in [0.717, 1.165) is 6.42 Å². The van der Waals surface area contributed by atoms with E-state index in [-0.39, 0.29) is 18.9 Å². The summed E-state index contributed by atoms with van der Waals surface area (Å²) in [6, 6.07) is -2.61. The highest BCUT2D eigenvalue weighted by molar-refractivity contribution is 7.98. The number of unbranched alkanes of at least 4 members (excludes halogenated alkanes) is 1. The molecule has 11 heteroatoms. The van der Waals surface area contributed by atoms with Gasteiger partial charge < -0.3 is 32.5 Å². The lowest BCUT2D eigenvalue weighted by Crippen LogP contribution is -2.54. The Morgan fingerprint density at radius 2 is 1.70 bits per heavy atom. The van der Waals surface area contributed by atoms with E-state index in [1.54, 1.807) is 0 Å². The Hall–Kier alpha value is -1.85. The molecule has 30 heavy (non-hydrogen) atoms. The first kappa shape index (κ1) is 28.1. The largest absolute Gasteiger partial charge is 0.480 e. The number of carbonyl (C=O) groups is 4. The molecule has 0 bridgehead atoms. The van der Waals surface area contributed by atoms with Gasteiger partial charge in [-0.25, -0.2) is 4.79 Å². The summed E-state index contributed by atoms with van der Waals surface area (Å²) in [5.41, 5.74) is 11.4. The van der Waals surface area contributed by atoms with Crippen molar-refractivity contribution in [1.29, 1.82) is 0 Å². The highest BCUT2D eigenvalue weighted by Crippen LogP contribution is 2.07. The van der Waals surface area contributed by atoms with E-state index in [0.29, 0.717) is 31.6 Å². The van der Waals surface area contributed by atoms with Crippen LogP contribution in [0.5, 0.6) is 0 Å². The number of nitrogens with one attached hydrogen (secondary N) is 3. The van der Waals surface area contributed by atoms with Crippen LogP contribution >= 0.6 is 11.8 Å². The molecule has 0 saturated carbocycles. The highest BCUT2D eigenvalue weighted by Gasteiger charge is 2.26. The molecule has 10 nitrogen and oxygen atoms in total. The highest BCUT2D eigenvalue weighted by atomic mass is 32.2. The lowest BCUT2D eigenvalue weighted by atomic mass is 9.98. The van der Waals surface area contributed by atoms with Crippen molar-refractivity contribution in [2.24, 2.45) is 17.4 Å². The van der Waals surface area contributed by atoms with Crippen molar-refractivity contribution >= 4 is 35.5 Å². The van der Waals surface area contributed by atoms with E-state index >= 15 is 0 Å². The molecule has 0 spiro atoms. The molecule has 0 radical (unpaired) electrons. The zero-order valence-electron chi connectivity index (χ0n) is 18.1. The predicted molar refractivity (Wildman–Crippen MR) is 118 cm³/mol. The maximum absolute atomic E-state index is 12.5. The summed E-state index contributed by atoms with van der Waals surface area (Å²) in [6.45, 7) is 3.85. The zero-order chi connectivity index (χ0) is 23.1. The number of amides is 3. The molecule has 0 rings (SSSR count). The molecule has 0 aromatic rings. The summed E-state index contributed by atoms with van der Waals surface area (Å²) in [5, 5.41) is 16.7. The van der Waals surface area contributed by atoms with Crippen molar-refractivity contribution in [1.82, 2.24) is 16.0 Å². The molecular formula is C19H37N5O5S. The third-order valence-corrected chi connectivity index (χ3v) is 5.45. The van der Waals surface area contributed by atoms with E-state index in [1.165, 1.54) is 11.8 Å². The van der Waals surface area contributed by atoms with Gasteiger partial charge in [0.1, 0.15) is 12.1 Å². The fourth-order valence-corrected chi connectivity index (χ4v) is 3.04. The van der Waals surface area contributed by atoms with Crippen LogP contribution in [0.15, 0.2) is 0 Å². The molecule has 4 atom stereocenters. The molecule has 4 unspecified atom stereocenters. The Morgan fingerprint density at radius 3 is 2.23 bits per heavy atom. The molecule has 0 heterocycles. The van der Waals surface area contributed by atoms with Crippen molar-refractivity contribution in [3.05, 3.63) is 0 Å². The Kier molecular flexibility index (Phi) is 14.9. The summed E-state index contributed by atoms with van der Waals surface area (Å²) in [4.78, 5) is 48.2. The van der Waals surface area contributed by atoms with Crippen LogP contribution in [-0.2, 0) is 19.2 Å². The molecule has 0 aliphatic rings. The Morgan fingerprint density at radius 1 is 1.03 bits per heavy atom. The quantitative estimate of drug-likeness (QED) is 0.170. The van der Waals surface area contributed by atoms with Crippen molar-refractivity contribution in [3.63, 3.8) is 0 Å². The van der Waals surface area contributed by atoms with Crippen LogP contribution in [0.2, 0.25) is 0 Å². The molecular weight excluding hydrogens is 410 g/mol. The van der Waals surface area contributed by atoms with Crippen LogP contribution in [0.3, 0.4) is 0 Å². The molecule has 0 aliphatic carbocycles. The number of carboxylic acid groups (broad SMARTS) is 1. The van der Waals surface area contributed by atoms with Gasteiger partial charge >= 0.3 is 5.97 Å². The number of rotatable bonds is 16. The standard InChI is InChI=1S/C19H37N5O5S/c1-4-12(2)16(21)18(27)24-13(7-5-6-9-20)17(26)22-11-15(25)23-14(19(28)29)8-10-30-3/h12-14,16H,4-11,20-21H2,1-3H3,(H,22,26)(H,23,25)(H,24,27)(H,28,29). The van der Waals surface area contributed by atoms with Crippen molar-refractivity contribution in [2.75, 3.05) is 25.1 Å². The van der Waals surface area contributed by atoms with Crippen LogP contribution in [0, 0.1) is 5.92 Å². The van der Waals surface area contributed by atoms with E-state index in [9.17, 15) is 24.3 Å². The Balaban J connectivity index is 4.84. The van der Waals surface area contributed by atoms with E-state index in [2.05, 4.69) is 16.0 Å². The molecule has 0 saturated heterocycles. The number of aliphatic carboxylic acids is 1. The van der Waals surface area contributed by atoms with Gasteiger partial charge in [-0.3, -0.25) is 14.4 Å². The van der Waals surface area contributed by atoms with Gasteiger partial charge in [0, 0.05) is 0 Å². The number of carbonyl (C=O) groups excluding carboxylic acids is 3. The second-order valence-corrected chi connectivity index (χ2v) is 8.20. The Bertz CT molecular complexity index is 563. The predicted octanol–water partition coefficient (Wildman–Crippen LogP) is -0.588. The van der Waals surface area contributed by atoms with Crippen molar-refractivity contribution < 1.29 is 24.3 Å². The topological polar surface area (TPSA) is 177 Å². The molecule has 0 aromatic heterocycles. The lowest BCUT2D eigenvalue weighted by Gasteiger charge is -2.23. The first-order valence-corrected chi connectivity index (χ1v) is 11.6. The average molecular weight is 448 g/mol. The molecule has 0 aromatic carbocycles. The van der Waals surface area contributed by atoms with E-state index in [1.807, 2.05) is 20.1 Å². The summed E-state index contributed by atoms with van der Waals surface area (Å²) >= 11 is 1.47. The summed E-state index contributed by atoms with van der Waals surface area (Å²) < 4.78 is 0. The van der Waals surface area contributed by atoms with Crippen molar-refractivity contribution in [3.8, 4) is 0 Å². The van der Waals surface area contributed by atoms with Gasteiger partial charge in [0.25, 0.3) is 0 Å². The minimum Gasteiger partial charge on any atom is -0.480 e. The summed E-state index contributed by atoms with van der Waals surface area (Å²) in [6.07, 6.45) is 4.51. The van der Waals surface area contributed by atoms with Gasteiger partial charge in [-0.15, -0.1) is 0 Å². The summed E-state index contributed by atoms with van der Waals surface area (Å²) in [5.74, 6) is -2.16. The fourth-order valence-electron chi connectivity index (χ4n) is 2.57. The molecule has 174 valence electrons. The number of hydrogen-bond donors (Lipinski definition) is 6. The molecule has 0 aliphatic heterocycles. The van der Waals surface area contributed by atoms with Crippen LogP contribution in [0.25, 0.3) is 0 Å². The molecule has 8 N–H and O–H groups in total. The van der Waals surface area contributed by atoms with Gasteiger partial charge in [-0.05, 0) is 50.2 Å². The smallest absolute Gasteiger partial charge is 0.326 e. The fraction of sp³-hybridized carbons (Fsp3) is 0.789. The Labute approximate surface area is 182 Å². The number of hydrogen-bond acceptors (Lipinski definition) is 7. The minimum atomic E-state index is -1.13. The minimum absolute atomic E-state index is 0.0437. The molecule has 3 amide bonds. The number of nitrogens with two attached hydrogens (primary N) is 2. The van der Waals surface area contributed by atoms with Crippen LogP contribution in [-0.4, -0.2) is 72.0 Å². The normalized spacial score (nSPS) is 14.8. The van der Waals surface area contributed by atoms with Gasteiger partial charge in [0.05, 0.1) is 12.6 Å². The maximum atomic E-state index is 12.5. The number of carboxylic acids is 1. The first-order chi connectivity index (χ1) is 14.2. The maximum Gasteiger partial charge on any atom is 0.326 e. The zero-order valence-corrected chi connectivity index (χ0v) is 18.9. The SMILES string of the molecule is CCC(C)C(N)C(=O)NC(CCCCN)C(=O)NCC(=O)NC(CCSC)C(=O)O. The number of thioether (sulfide) groups is 1. The second kappa shape index (κ2) is 15.9. The van der Waals surface area contributed by atoms with Crippen molar-refractivity contribution in [2.45, 2.75) is 64.1 Å². The van der Waals surface area contributed by atoms with Crippen LogP contribution in [0.1, 0.15) is 46.0 Å². The van der Waals surface area contributed by atoms with Crippen LogP contribution < -0.4 is 27.4 Å². The molecule has 0 fully saturated rings. The third-order valence-electron chi connectivity index (χ3n) is 4.81. The van der Waals surface area contributed by atoms with Gasteiger partial charge in [0.15, 0.2) is 0 Å². The van der Waals surface area contributed by atoms with E-state index < -0.39 is 41.8 Å². The van der Waals surface area contributed by atoms with E-state index in [4.69, 9.17) is 11.5 Å².